The third-order valence-electron chi connectivity index (χ3n) is 4.40. The first kappa shape index (κ1) is 17.0. The summed E-state index contributed by atoms with van der Waals surface area (Å²) in [5.74, 6) is 0.872. The van der Waals surface area contributed by atoms with E-state index in [1.165, 1.54) is 32.4 Å². The van der Waals surface area contributed by atoms with Crippen LogP contribution in [0.5, 0.6) is 0 Å². The molecule has 2 nitrogen and oxygen atoms in total. The summed E-state index contributed by atoms with van der Waals surface area (Å²) in [5, 5.41) is 3.72. The van der Waals surface area contributed by atoms with Crippen LogP contribution in [-0.2, 0) is 0 Å². The molecule has 19 heavy (non-hydrogen) atoms. The van der Waals surface area contributed by atoms with E-state index in [-0.39, 0.29) is 5.54 Å². The molecule has 0 aromatic heterocycles. The fourth-order valence-corrected chi connectivity index (χ4v) is 3.40. The Balaban J connectivity index is 2.60. The van der Waals surface area contributed by atoms with Crippen molar-refractivity contribution in [2.75, 3.05) is 19.6 Å². The van der Waals surface area contributed by atoms with Crippen LogP contribution in [0.2, 0.25) is 0 Å². The van der Waals surface area contributed by atoms with Crippen LogP contribution in [0.3, 0.4) is 0 Å². The van der Waals surface area contributed by atoms with Gasteiger partial charge in [0.15, 0.2) is 0 Å². The summed E-state index contributed by atoms with van der Waals surface area (Å²) in [6.45, 7) is 20.0. The molecule has 114 valence electrons. The fourth-order valence-electron chi connectivity index (χ4n) is 3.40. The molecule has 1 saturated heterocycles. The van der Waals surface area contributed by atoms with E-state index in [4.69, 9.17) is 0 Å². The number of nitrogens with zero attached hydrogens (tertiary/aromatic N) is 1. The minimum atomic E-state index is 0.221. The van der Waals surface area contributed by atoms with Crippen molar-refractivity contribution in [3.8, 4) is 0 Å². The maximum atomic E-state index is 3.72. The van der Waals surface area contributed by atoms with E-state index < -0.39 is 0 Å². The van der Waals surface area contributed by atoms with Crippen LogP contribution in [0.1, 0.15) is 67.7 Å². The molecule has 1 aliphatic heterocycles. The second-order valence-electron chi connectivity index (χ2n) is 8.28. The molecular weight excluding hydrogens is 232 g/mol. The van der Waals surface area contributed by atoms with Crippen LogP contribution >= 0.6 is 0 Å². The summed E-state index contributed by atoms with van der Waals surface area (Å²) in [7, 11) is 0. The largest absolute Gasteiger partial charge is 0.311 e. The molecule has 0 amide bonds. The first-order valence-corrected chi connectivity index (χ1v) is 8.14. The molecule has 2 heteroatoms. The molecular formula is C17H36N2. The zero-order chi connectivity index (χ0) is 14.7. The molecule has 0 spiro atoms. The van der Waals surface area contributed by atoms with Crippen molar-refractivity contribution < 1.29 is 0 Å². The predicted octanol–water partition coefficient (Wildman–Crippen LogP) is 3.91. The highest BCUT2D eigenvalue weighted by Crippen LogP contribution is 2.30. The van der Waals surface area contributed by atoms with Crippen molar-refractivity contribution in [1.29, 1.82) is 0 Å². The number of likely N-dealkylation sites (tertiary alicyclic amines) is 1. The molecule has 1 fully saturated rings. The zero-order valence-corrected chi connectivity index (χ0v) is 14.3. The summed E-state index contributed by atoms with van der Waals surface area (Å²) in [5.41, 5.74) is 0.624. The van der Waals surface area contributed by atoms with Gasteiger partial charge in [0.25, 0.3) is 0 Å². The Bertz CT molecular complexity index is 269. The van der Waals surface area contributed by atoms with Crippen LogP contribution in [0, 0.1) is 11.3 Å². The average Bonchev–Trinajstić information content (AvgIpc) is 2.54. The summed E-state index contributed by atoms with van der Waals surface area (Å²) in [4.78, 5) is 2.71. The number of hydrogen-bond acceptors (Lipinski definition) is 2. The van der Waals surface area contributed by atoms with E-state index in [0.717, 1.165) is 18.5 Å². The smallest absolute Gasteiger partial charge is 0.00967 e. The van der Waals surface area contributed by atoms with Crippen molar-refractivity contribution in [2.24, 2.45) is 11.3 Å². The van der Waals surface area contributed by atoms with Crippen molar-refractivity contribution in [3.63, 3.8) is 0 Å². The minimum absolute atomic E-state index is 0.221. The van der Waals surface area contributed by atoms with E-state index in [2.05, 4.69) is 58.7 Å². The van der Waals surface area contributed by atoms with Gasteiger partial charge in [0.1, 0.15) is 0 Å². The zero-order valence-electron chi connectivity index (χ0n) is 14.3. The molecule has 3 unspecified atom stereocenters. The lowest BCUT2D eigenvalue weighted by atomic mass is 9.84. The van der Waals surface area contributed by atoms with Gasteiger partial charge < -0.3 is 5.32 Å². The van der Waals surface area contributed by atoms with Crippen LogP contribution in [0.4, 0.5) is 0 Å². The van der Waals surface area contributed by atoms with E-state index in [1.54, 1.807) is 0 Å². The lowest BCUT2D eigenvalue weighted by Gasteiger charge is -2.38. The first-order valence-electron chi connectivity index (χ1n) is 8.14. The van der Waals surface area contributed by atoms with Gasteiger partial charge in [-0.05, 0) is 51.9 Å². The van der Waals surface area contributed by atoms with Crippen molar-refractivity contribution in [2.45, 2.75) is 79.3 Å². The first-order chi connectivity index (χ1) is 8.65. The molecule has 1 heterocycles. The minimum Gasteiger partial charge on any atom is -0.311 e. The van der Waals surface area contributed by atoms with E-state index >= 15 is 0 Å². The summed E-state index contributed by atoms with van der Waals surface area (Å²) < 4.78 is 0. The summed E-state index contributed by atoms with van der Waals surface area (Å²) >= 11 is 0. The van der Waals surface area contributed by atoms with Gasteiger partial charge in [-0.25, -0.2) is 0 Å². The molecule has 0 bridgehead atoms. The van der Waals surface area contributed by atoms with Crippen LogP contribution in [-0.4, -0.2) is 36.1 Å². The standard InChI is InChI=1S/C17H36N2/c1-8-9-17(7,12-18-16(4,5)6)13-19-11-14(2)10-15(19)3/h14-15,18H,8-13H2,1-7H3. The van der Waals surface area contributed by atoms with Gasteiger partial charge >= 0.3 is 0 Å². The highest BCUT2D eigenvalue weighted by atomic mass is 15.2. The number of hydrogen-bond donors (Lipinski definition) is 1. The highest BCUT2D eigenvalue weighted by molar-refractivity contribution is 4.88. The molecule has 0 aromatic carbocycles. The van der Waals surface area contributed by atoms with Gasteiger partial charge in [0, 0.05) is 31.2 Å². The third-order valence-corrected chi connectivity index (χ3v) is 4.40. The Hall–Kier alpha value is -0.0800. The predicted molar refractivity (Wildman–Crippen MR) is 85.6 cm³/mol. The lowest BCUT2D eigenvalue weighted by molar-refractivity contribution is 0.135. The molecule has 0 saturated carbocycles. The SMILES string of the molecule is CCCC(C)(CNC(C)(C)C)CN1CC(C)CC1C. The molecule has 3 atom stereocenters. The molecule has 0 aliphatic carbocycles. The monoisotopic (exact) mass is 268 g/mol. The van der Waals surface area contributed by atoms with Gasteiger partial charge in [-0.15, -0.1) is 0 Å². The van der Waals surface area contributed by atoms with Gasteiger partial charge in [0.2, 0.25) is 0 Å². The topological polar surface area (TPSA) is 15.3 Å². The lowest BCUT2D eigenvalue weighted by Crippen LogP contribution is -2.48. The normalized spacial score (nSPS) is 28.6. The third kappa shape index (κ3) is 5.83. The second kappa shape index (κ2) is 6.58. The van der Waals surface area contributed by atoms with Gasteiger partial charge in [0.05, 0.1) is 0 Å². The number of rotatable bonds is 6. The van der Waals surface area contributed by atoms with Crippen molar-refractivity contribution >= 4 is 0 Å². The second-order valence-corrected chi connectivity index (χ2v) is 8.28. The Morgan fingerprint density at radius 1 is 1.16 bits per heavy atom. The van der Waals surface area contributed by atoms with Gasteiger partial charge in [-0.2, -0.15) is 0 Å². The van der Waals surface area contributed by atoms with E-state index in [1.807, 2.05) is 0 Å². The Morgan fingerprint density at radius 3 is 2.21 bits per heavy atom. The van der Waals surface area contributed by atoms with Crippen LogP contribution in [0.25, 0.3) is 0 Å². The van der Waals surface area contributed by atoms with Crippen molar-refractivity contribution in [1.82, 2.24) is 10.2 Å². The van der Waals surface area contributed by atoms with Crippen molar-refractivity contribution in [3.05, 3.63) is 0 Å². The molecule has 1 rings (SSSR count). The molecule has 1 aliphatic rings. The van der Waals surface area contributed by atoms with E-state index in [0.29, 0.717) is 5.41 Å². The fraction of sp³-hybridized carbons (Fsp3) is 1.00. The van der Waals surface area contributed by atoms with Crippen LogP contribution < -0.4 is 5.32 Å². The molecule has 0 radical (unpaired) electrons. The Morgan fingerprint density at radius 2 is 1.79 bits per heavy atom. The van der Waals surface area contributed by atoms with E-state index in [9.17, 15) is 0 Å². The summed E-state index contributed by atoms with van der Waals surface area (Å²) in [6.07, 6.45) is 3.96. The quantitative estimate of drug-likeness (QED) is 0.785. The Kier molecular flexibility index (Phi) is 5.88. The van der Waals surface area contributed by atoms with Gasteiger partial charge in [-0.3, -0.25) is 4.90 Å². The molecule has 0 aromatic rings. The van der Waals surface area contributed by atoms with Gasteiger partial charge in [-0.1, -0.05) is 27.2 Å². The molecule has 1 N–H and O–H groups in total. The average molecular weight is 268 g/mol. The maximum Gasteiger partial charge on any atom is 0.00967 e. The summed E-state index contributed by atoms with van der Waals surface area (Å²) in [6, 6.07) is 0.765. The van der Waals surface area contributed by atoms with Crippen LogP contribution in [0.15, 0.2) is 0 Å². The highest BCUT2D eigenvalue weighted by Gasteiger charge is 2.33. The Labute approximate surface area is 121 Å². The number of nitrogens with one attached hydrogen (secondary N) is 1. The maximum absolute atomic E-state index is 3.72.